The van der Waals surface area contributed by atoms with Gasteiger partial charge in [-0.05, 0) is 46.2 Å². The molecule has 0 radical (unpaired) electrons. The first kappa shape index (κ1) is 16.2. The van der Waals surface area contributed by atoms with Crippen molar-refractivity contribution in [3.8, 4) is 0 Å². The number of non-ortho nitro benzene ring substituents is 1. The van der Waals surface area contributed by atoms with Crippen molar-refractivity contribution in [2.24, 2.45) is 0 Å². The molecular weight excluding hydrogens is 423 g/mol. The summed E-state index contributed by atoms with van der Waals surface area (Å²) in [5.41, 5.74) is 0.638. The Bertz CT molecular complexity index is 972. The molecule has 2 N–H and O–H groups in total. The van der Waals surface area contributed by atoms with E-state index in [0.29, 0.717) is 5.69 Å². The van der Waals surface area contributed by atoms with Crippen LogP contribution in [0.4, 0.5) is 17.1 Å². The number of hydrogen-bond acceptors (Lipinski definition) is 4. The van der Waals surface area contributed by atoms with Crippen molar-refractivity contribution in [2.75, 3.05) is 5.32 Å². The second kappa shape index (κ2) is 6.44. The predicted molar refractivity (Wildman–Crippen MR) is 100 cm³/mol. The number of fused-ring (bicyclic) bond motifs is 1. The van der Waals surface area contributed by atoms with E-state index in [1.165, 1.54) is 12.1 Å². The molecule has 0 aromatic heterocycles. The van der Waals surface area contributed by atoms with Crippen LogP contribution in [0.2, 0.25) is 0 Å². The normalized spacial score (nSPS) is 10.5. The fraction of sp³-hybridized carbons (Fsp3) is 0. The third kappa shape index (κ3) is 3.02. The molecule has 24 heavy (non-hydrogen) atoms. The van der Waals surface area contributed by atoms with Crippen LogP contribution in [0.15, 0.2) is 54.6 Å². The van der Waals surface area contributed by atoms with Crippen molar-refractivity contribution in [1.82, 2.24) is 0 Å². The number of benzene rings is 3. The SMILES string of the molecule is O=C(O)c1cc([N+](=O)[O-])ccc1Nc1ccc(I)c2ccccc12. The van der Waals surface area contributed by atoms with Crippen LogP contribution in [0.25, 0.3) is 10.8 Å². The first-order chi connectivity index (χ1) is 11.5. The zero-order valence-corrected chi connectivity index (χ0v) is 14.4. The van der Waals surface area contributed by atoms with Crippen molar-refractivity contribution in [3.05, 3.63) is 73.8 Å². The topological polar surface area (TPSA) is 92.5 Å². The molecule has 3 aromatic carbocycles. The van der Waals surface area contributed by atoms with Crippen LogP contribution in [-0.4, -0.2) is 16.0 Å². The molecule has 0 aliphatic carbocycles. The summed E-state index contributed by atoms with van der Waals surface area (Å²) < 4.78 is 1.08. The third-order valence-corrected chi connectivity index (χ3v) is 4.53. The van der Waals surface area contributed by atoms with Gasteiger partial charge in [0.25, 0.3) is 5.69 Å². The number of nitrogens with one attached hydrogen (secondary N) is 1. The van der Waals surface area contributed by atoms with Gasteiger partial charge in [0.2, 0.25) is 0 Å². The molecule has 3 aromatic rings. The van der Waals surface area contributed by atoms with Crippen LogP contribution < -0.4 is 5.32 Å². The lowest BCUT2D eigenvalue weighted by Gasteiger charge is -2.13. The smallest absolute Gasteiger partial charge is 0.338 e. The van der Waals surface area contributed by atoms with Gasteiger partial charge in [-0.3, -0.25) is 10.1 Å². The first-order valence-corrected chi connectivity index (χ1v) is 8.01. The van der Waals surface area contributed by atoms with E-state index in [1.807, 2.05) is 36.4 Å². The van der Waals surface area contributed by atoms with Crippen molar-refractivity contribution < 1.29 is 14.8 Å². The number of nitro groups is 1. The van der Waals surface area contributed by atoms with Gasteiger partial charge in [0.05, 0.1) is 16.2 Å². The molecule has 0 unspecified atom stereocenters. The van der Waals surface area contributed by atoms with Gasteiger partial charge in [0.1, 0.15) is 0 Å². The molecule has 0 saturated heterocycles. The quantitative estimate of drug-likeness (QED) is 0.350. The second-order valence-electron chi connectivity index (χ2n) is 5.06. The lowest BCUT2D eigenvalue weighted by atomic mass is 10.1. The van der Waals surface area contributed by atoms with Crippen LogP contribution in [0, 0.1) is 13.7 Å². The Balaban J connectivity index is 2.11. The molecule has 0 amide bonds. The highest BCUT2D eigenvalue weighted by Gasteiger charge is 2.17. The average molecular weight is 434 g/mol. The van der Waals surface area contributed by atoms with Crippen LogP contribution >= 0.6 is 22.6 Å². The number of halogens is 1. The minimum Gasteiger partial charge on any atom is -0.478 e. The summed E-state index contributed by atoms with van der Waals surface area (Å²) in [4.78, 5) is 21.7. The number of rotatable bonds is 4. The molecule has 0 atom stereocenters. The minimum atomic E-state index is -1.23. The Labute approximate surface area is 150 Å². The zero-order valence-electron chi connectivity index (χ0n) is 12.2. The lowest BCUT2D eigenvalue weighted by molar-refractivity contribution is -0.384. The summed E-state index contributed by atoms with van der Waals surface area (Å²) in [5.74, 6) is -1.23. The summed E-state index contributed by atoms with van der Waals surface area (Å²) in [5, 5.41) is 25.3. The second-order valence-corrected chi connectivity index (χ2v) is 6.22. The monoisotopic (exact) mass is 434 g/mol. The number of carbonyl (C=O) groups is 1. The molecule has 0 spiro atoms. The molecule has 0 aliphatic rings. The van der Waals surface area contributed by atoms with Gasteiger partial charge in [0, 0.05) is 26.8 Å². The van der Waals surface area contributed by atoms with Gasteiger partial charge in [-0.25, -0.2) is 4.79 Å². The van der Waals surface area contributed by atoms with E-state index in [4.69, 9.17) is 0 Å². The molecule has 0 heterocycles. The summed E-state index contributed by atoms with van der Waals surface area (Å²) in [6.45, 7) is 0. The maximum absolute atomic E-state index is 11.4. The fourth-order valence-corrected chi connectivity index (χ4v) is 3.10. The van der Waals surface area contributed by atoms with Crippen molar-refractivity contribution in [2.45, 2.75) is 0 Å². The number of carboxylic acid groups (broad SMARTS) is 1. The van der Waals surface area contributed by atoms with Crippen molar-refractivity contribution >= 4 is 56.4 Å². The molecule has 0 fully saturated rings. The molecule has 0 saturated carbocycles. The Hall–Kier alpha value is -2.68. The maximum atomic E-state index is 11.4. The lowest BCUT2D eigenvalue weighted by Crippen LogP contribution is -2.04. The number of hydrogen-bond donors (Lipinski definition) is 2. The minimum absolute atomic E-state index is 0.146. The van der Waals surface area contributed by atoms with Crippen molar-refractivity contribution in [3.63, 3.8) is 0 Å². The van der Waals surface area contributed by atoms with Gasteiger partial charge < -0.3 is 10.4 Å². The van der Waals surface area contributed by atoms with E-state index in [0.717, 1.165) is 26.1 Å². The molecule has 7 heteroatoms. The zero-order chi connectivity index (χ0) is 17.3. The highest BCUT2D eigenvalue weighted by Crippen LogP contribution is 2.32. The van der Waals surface area contributed by atoms with Crippen LogP contribution in [0.1, 0.15) is 10.4 Å². The number of nitrogens with zero attached hydrogens (tertiary/aromatic N) is 1. The Morgan fingerprint density at radius 3 is 2.38 bits per heavy atom. The van der Waals surface area contributed by atoms with Gasteiger partial charge >= 0.3 is 5.97 Å². The predicted octanol–water partition coefficient (Wildman–Crippen LogP) is 4.79. The molecule has 3 rings (SSSR count). The van der Waals surface area contributed by atoms with E-state index in [2.05, 4.69) is 27.9 Å². The maximum Gasteiger partial charge on any atom is 0.338 e. The summed E-state index contributed by atoms with van der Waals surface area (Å²) in [6, 6.07) is 15.3. The largest absolute Gasteiger partial charge is 0.478 e. The highest BCUT2D eigenvalue weighted by molar-refractivity contribution is 14.1. The number of aromatic carboxylic acids is 1. The van der Waals surface area contributed by atoms with Gasteiger partial charge in [-0.1, -0.05) is 24.3 Å². The molecule has 0 aliphatic heterocycles. The van der Waals surface area contributed by atoms with E-state index < -0.39 is 10.9 Å². The van der Waals surface area contributed by atoms with E-state index >= 15 is 0 Å². The number of anilines is 2. The Morgan fingerprint density at radius 2 is 1.71 bits per heavy atom. The molecular formula is C17H11IN2O4. The van der Waals surface area contributed by atoms with Crippen LogP contribution in [0.3, 0.4) is 0 Å². The van der Waals surface area contributed by atoms with Gasteiger partial charge in [0.15, 0.2) is 0 Å². The van der Waals surface area contributed by atoms with Gasteiger partial charge in [-0.15, -0.1) is 0 Å². The van der Waals surface area contributed by atoms with E-state index in [9.17, 15) is 20.0 Å². The number of nitro benzene ring substituents is 1. The third-order valence-electron chi connectivity index (χ3n) is 3.58. The standard InChI is InChI=1S/C17H11IN2O4/c18-14-6-8-15(12-4-2-1-3-11(12)14)19-16-7-5-10(20(23)24)9-13(16)17(21)22/h1-9,19H,(H,21,22). The summed E-state index contributed by atoms with van der Waals surface area (Å²) >= 11 is 2.24. The van der Waals surface area contributed by atoms with E-state index in [1.54, 1.807) is 0 Å². The molecule has 6 nitrogen and oxygen atoms in total. The molecule has 120 valence electrons. The number of carboxylic acids is 1. The summed E-state index contributed by atoms with van der Waals surface area (Å²) in [6.07, 6.45) is 0. The Kier molecular flexibility index (Phi) is 4.34. The highest BCUT2D eigenvalue weighted by atomic mass is 127. The van der Waals surface area contributed by atoms with Crippen LogP contribution in [0.5, 0.6) is 0 Å². The first-order valence-electron chi connectivity index (χ1n) is 6.93. The van der Waals surface area contributed by atoms with E-state index in [-0.39, 0.29) is 11.3 Å². The van der Waals surface area contributed by atoms with Gasteiger partial charge in [-0.2, -0.15) is 0 Å². The average Bonchev–Trinajstić information content (AvgIpc) is 2.57. The van der Waals surface area contributed by atoms with Crippen molar-refractivity contribution in [1.29, 1.82) is 0 Å². The molecule has 0 bridgehead atoms. The van der Waals surface area contributed by atoms with Crippen LogP contribution in [-0.2, 0) is 0 Å². The summed E-state index contributed by atoms with van der Waals surface area (Å²) in [7, 11) is 0. The Morgan fingerprint density at radius 1 is 1.04 bits per heavy atom. The fourth-order valence-electron chi connectivity index (χ4n) is 2.45.